The molecule has 6 rings (SSSR count). The molecule has 4 aromatic heterocycles. The number of halogens is 1. The summed E-state index contributed by atoms with van der Waals surface area (Å²) in [6.45, 7) is -4.19. The number of thiol groups is 1. The molecule has 20 nitrogen and oxygen atoms in total. The Morgan fingerprint density at radius 1 is 1.20 bits per heavy atom. The van der Waals surface area contributed by atoms with Crippen molar-refractivity contribution in [2.45, 2.75) is 55.6 Å². The molecule has 2 unspecified atom stereocenters. The summed E-state index contributed by atoms with van der Waals surface area (Å²) in [5.74, 6) is -0.179. The monoisotopic (exact) mass is 723 g/mol. The van der Waals surface area contributed by atoms with E-state index in [2.05, 4.69) is 42.2 Å². The second-order valence-corrected chi connectivity index (χ2v) is 15.0. The van der Waals surface area contributed by atoms with Crippen LogP contribution in [-0.4, -0.2) is 104 Å². The van der Waals surface area contributed by atoms with E-state index in [1.54, 1.807) is 0 Å². The number of alkyl halides is 1. The summed E-state index contributed by atoms with van der Waals surface area (Å²) in [6, 6.07) is 0. The van der Waals surface area contributed by atoms with E-state index in [4.69, 9.17) is 46.3 Å². The van der Waals surface area contributed by atoms with Gasteiger partial charge in [-0.2, -0.15) is 4.98 Å². The Bertz CT molecular complexity index is 1920. The molecule has 8 N–H and O–H groups in total. The molecule has 2 aliphatic rings. The van der Waals surface area contributed by atoms with Crippen LogP contribution in [0.5, 0.6) is 0 Å². The van der Waals surface area contributed by atoms with Crippen molar-refractivity contribution in [2.75, 3.05) is 24.7 Å². The fourth-order valence-corrected chi connectivity index (χ4v) is 7.09. The van der Waals surface area contributed by atoms with Gasteiger partial charge in [-0.25, -0.2) is 24.3 Å². The second-order valence-electron chi connectivity index (χ2n) is 10.5. The van der Waals surface area contributed by atoms with Crippen molar-refractivity contribution in [3.8, 4) is 0 Å². The molecule has 2 fully saturated rings. The van der Waals surface area contributed by atoms with Crippen molar-refractivity contribution < 1.29 is 47.1 Å². The number of anilines is 2. The number of rotatable bonds is 10. The van der Waals surface area contributed by atoms with Gasteiger partial charge in [0.05, 0.1) is 19.3 Å². The lowest BCUT2D eigenvalue weighted by Crippen LogP contribution is -2.44. The molecule has 0 saturated carbocycles. The zero-order valence-corrected chi connectivity index (χ0v) is 26.8. The molecular formula is C21H26FN10O10P2S2+. The van der Waals surface area contributed by atoms with Crippen molar-refractivity contribution >= 4 is 72.1 Å². The Morgan fingerprint density at radius 3 is 2.61 bits per heavy atom. The number of aromatic nitrogens is 8. The quantitative estimate of drug-likeness (QED) is 0.0809. The smallest absolute Gasteiger partial charge is 0.387 e. The second kappa shape index (κ2) is 12.3. The van der Waals surface area contributed by atoms with E-state index in [1.165, 1.54) is 24.1 Å². The largest absolute Gasteiger partial charge is 0.582 e. The predicted octanol–water partition coefficient (Wildman–Crippen LogP) is -0.409. The van der Waals surface area contributed by atoms with Gasteiger partial charge in [-0.05, 0) is 23.3 Å². The average Bonchev–Trinajstić information content (AvgIpc) is 3.73. The molecule has 2 aliphatic heterocycles. The normalized spacial score (nSPS) is 31.5. The van der Waals surface area contributed by atoms with Gasteiger partial charge in [-0.3, -0.25) is 23.4 Å². The lowest BCUT2D eigenvalue weighted by molar-refractivity contribution is -0.114. The highest BCUT2D eigenvalue weighted by Gasteiger charge is 2.54. The van der Waals surface area contributed by atoms with E-state index >= 15 is 4.39 Å². The summed E-state index contributed by atoms with van der Waals surface area (Å²) in [5.41, 5.74) is 9.35. The van der Waals surface area contributed by atoms with Crippen LogP contribution in [-0.2, 0) is 39.4 Å². The van der Waals surface area contributed by atoms with Gasteiger partial charge in [0.2, 0.25) is 5.95 Å². The van der Waals surface area contributed by atoms with Gasteiger partial charge < -0.3 is 40.6 Å². The van der Waals surface area contributed by atoms with Crippen LogP contribution < -0.4 is 17.0 Å². The van der Waals surface area contributed by atoms with Gasteiger partial charge in [0.15, 0.2) is 41.3 Å². The van der Waals surface area contributed by atoms with Gasteiger partial charge in [0, 0.05) is 0 Å². The first-order valence-corrected chi connectivity index (χ1v) is 18.0. The number of aliphatic hydroxyl groups excluding tert-OH is 2. The molecule has 2 saturated heterocycles. The Hall–Kier alpha value is -2.79. The van der Waals surface area contributed by atoms with Crippen LogP contribution in [0.1, 0.15) is 19.4 Å². The van der Waals surface area contributed by atoms with E-state index in [-0.39, 0.29) is 34.1 Å². The third-order valence-corrected chi connectivity index (χ3v) is 9.66. The minimum atomic E-state index is -4.41. The number of nitrogen functional groups attached to an aromatic ring is 2. The lowest BCUT2D eigenvalue weighted by atomic mass is 9.99. The highest BCUT2D eigenvalue weighted by molar-refractivity contribution is 8.39. The maximum atomic E-state index is 15.8. The number of nitrogens with one attached hydrogen (secondary N) is 1. The lowest BCUT2D eigenvalue weighted by Gasteiger charge is -2.30. The number of hydrogen-bond donors (Lipinski definition) is 7. The zero-order chi connectivity index (χ0) is 33.1. The third kappa shape index (κ3) is 6.02. The molecule has 6 heterocycles. The van der Waals surface area contributed by atoms with Crippen molar-refractivity contribution in [2.24, 2.45) is 0 Å². The molecule has 4 aromatic rings. The average molecular weight is 724 g/mol. The fraction of sp³-hybridized carbons (Fsp3) is 0.524. The van der Waals surface area contributed by atoms with Gasteiger partial charge in [-0.1, -0.05) is 0 Å². The number of fused-ring (bicyclic) bond motifs is 2. The molecule has 10 atom stereocenters. The maximum Gasteiger partial charge on any atom is 0.582 e. The Morgan fingerprint density at radius 2 is 1.89 bits per heavy atom. The van der Waals surface area contributed by atoms with Crippen molar-refractivity contribution in [3.63, 3.8) is 0 Å². The molecule has 25 heteroatoms. The third-order valence-electron chi connectivity index (χ3n) is 7.40. The summed E-state index contributed by atoms with van der Waals surface area (Å²) in [7, 11) is -2.43. The highest BCUT2D eigenvalue weighted by atomic mass is 32.7. The van der Waals surface area contributed by atoms with Crippen LogP contribution >= 0.6 is 26.2 Å². The van der Waals surface area contributed by atoms with Gasteiger partial charge in [0.1, 0.15) is 60.7 Å². The molecule has 46 heavy (non-hydrogen) atoms. The molecule has 0 bridgehead atoms. The molecule has 0 aromatic carbocycles. The van der Waals surface area contributed by atoms with E-state index in [0.717, 1.165) is 10.9 Å². The zero-order valence-electron chi connectivity index (χ0n) is 23.3. The molecule has 0 aliphatic carbocycles. The molecule has 248 valence electrons. The number of H-pyrrole nitrogens is 1. The summed E-state index contributed by atoms with van der Waals surface area (Å²) in [5, 5.41) is 21.8. The molecule has 0 amide bonds. The van der Waals surface area contributed by atoms with E-state index < -0.39 is 81.4 Å². The number of imidazole rings is 2. The standard InChI is InChI=1S/C21H25FN10O10P2S2/c1-21(13(34)11(33)18(41-21)31-5-27-9-14(23)25-4-26-15(9)31)3-39-44(37,46)42-12-8(22)7(2-38-43(36)45)40-19(12)32-6-28-10-16(32)29-20(24)30-17(10)35/h4-8,11-13,18-19,33-34H,2-3H2,1H3,(H6-,23,24,25,26,29,30,35,36,37,45,46)/p+1/t7-,8-,11-,12-,13+,18-,19-,21-,44?/m1/s1. The van der Waals surface area contributed by atoms with Crippen LogP contribution in [0.3, 0.4) is 0 Å². The van der Waals surface area contributed by atoms with Crippen molar-refractivity contribution in [1.82, 2.24) is 39.0 Å². The number of hydrogen-bond acceptors (Lipinski definition) is 17. The minimum Gasteiger partial charge on any atom is -0.387 e. The Kier molecular flexibility index (Phi) is 8.89. The molecular weight excluding hydrogens is 697 g/mol. The number of aliphatic hydroxyl groups is 2. The summed E-state index contributed by atoms with van der Waals surface area (Å²) < 4.78 is 57.5. The van der Waals surface area contributed by atoms with Crippen molar-refractivity contribution in [3.05, 3.63) is 29.3 Å². The summed E-state index contributed by atoms with van der Waals surface area (Å²) in [4.78, 5) is 45.8. The number of nitrogens with two attached hydrogens (primary N) is 2. The van der Waals surface area contributed by atoms with Crippen LogP contribution in [0.2, 0.25) is 0 Å². The summed E-state index contributed by atoms with van der Waals surface area (Å²) >= 11 is 8.83. The van der Waals surface area contributed by atoms with Crippen LogP contribution in [0.15, 0.2) is 23.8 Å². The SMILES string of the molecule is C[C@]1(COP(O)(=S)O[C@@H]2[C@H](F)[C@@H](CO[P+](=O)S)O[C@H]2n2cnc3c(=O)[nH]c(N)nc32)O[C@@H](n2cnc3c(N)ncnc32)[C@H](O)[C@@H]1O. The fourth-order valence-electron chi connectivity index (χ4n) is 5.16. The van der Waals surface area contributed by atoms with E-state index in [9.17, 15) is 24.5 Å². The predicted molar refractivity (Wildman–Crippen MR) is 162 cm³/mol. The van der Waals surface area contributed by atoms with Gasteiger partial charge in [-0.15, -0.1) is 4.52 Å². The van der Waals surface area contributed by atoms with Gasteiger partial charge in [0.25, 0.3) is 5.56 Å². The highest BCUT2D eigenvalue weighted by Crippen LogP contribution is 2.52. The Labute approximate surface area is 267 Å². The number of nitrogens with zero attached hydrogens (tertiary/aromatic N) is 7. The first-order chi connectivity index (χ1) is 21.7. The van der Waals surface area contributed by atoms with E-state index in [0.29, 0.717) is 0 Å². The van der Waals surface area contributed by atoms with Gasteiger partial charge >= 0.3 is 13.9 Å². The first kappa shape index (κ1) is 33.1. The van der Waals surface area contributed by atoms with Crippen LogP contribution in [0.25, 0.3) is 22.3 Å². The number of ether oxygens (including phenoxy) is 2. The summed E-state index contributed by atoms with van der Waals surface area (Å²) in [6.07, 6.45) is -7.39. The van der Waals surface area contributed by atoms with Crippen LogP contribution in [0, 0.1) is 0 Å². The Balaban J connectivity index is 1.23. The maximum absolute atomic E-state index is 15.8. The minimum absolute atomic E-state index is 0.0874. The molecule has 0 radical (unpaired) electrons. The van der Waals surface area contributed by atoms with E-state index in [1.807, 2.05) is 0 Å². The van der Waals surface area contributed by atoms with Crippen molar-refractivity contribution in [1.29, 1.82) is 0 Å². The number of aromatic amines is 1. The molecule has 0 spiro atoms. The topological polar surface area (TPSA) is 283 Å². The van der Waals surface area contributed by atoms with Crippen LogP contribution in [0.4, 0.5) is 16.2 Å². The first-order valence-electron chi connectivity index (χ1n) is 13.1.